The zero-order valence-electron chi connectivity index (χ0n) is 10.8. The Morgan fingerprint density at radius 3 is 2.81 bits per heavy atom. The number of halogens is 2. The number of nitrogens with zero attached hydrogens (tertiary/aromatic N) is 3. The molecule has 3 rings (SSSR count). The summed E-state index contributed by atoms with van der Waals surface area (Å²) in [6.45, 7) is -2.60. The fourth-order valence-corrected chi connectivity index (χ4v) is 2.34. The van der Waals surface area contributed by atoms with Crippen molar-refractivity contribution >= 4 is 16.9 Å². The average Bonchev–Trinajstić information content (AvgIpc) is 3.04. The quantitative estimate of drug-likeness (QED) is 0.804. The first kappa shape index (κ1) is 13.3. The molecule has 0 aliphatic carbocycles. The highest BCUT2D eigenvalue weighted by molar-refractivity contribution is 6.03. The van der Waals surface area contributed by atoms with Crippen LogP contribution >= 0.6 is 0 Å². The summed E-state index contributed by atoms with van der Waals surface area (Å²) in [4.78, 5) is 15.2. The van der Waals surface area contributed by atoms with E-state index in [1.165, 1.54) is 18.6 Å². The summed E-state index contributed by atoms with van der Waals surface area (Å²) >= 11 is 0. The number of imidazole rings is 1. The van der Waals surface area contributed by atoms with E-state index >= 15 is 0 Å². The van der Waals surface area contributed by atoms with Crippen molar-refractivity contribution in [2.45, 2.75) is 13.1 Å². The zero-order chi connectivity index (χ0) is 15.0. The van der Waals surface area contributed by atoms with Gasteiger partial charge in [0.15, 0.2) is 0 Å². The molecule has 108 valence electrons. The van der Waals surface area contributed by atoms with Gasteiger partial charge in [0, 0.05) is 29.5 Å². The molecule has 0 radical (unpaired) electrons. The summed E-state index contributed by atoms with van der Waals surface area (Å²) in [6, 6.07) is 6.94. The highest BCUT2D eigenvalue weighted by Gasteiger charge is 2.16. The van der Waals surface area contributed by atoms with Crippen LogP contribution in [0.4, 0.5) is 8.78 Å². The lowest BCUT2D eigenvalue weighted by Gasteiger charge is -2.08. The van der Waals surface area contributed by atoms with E-state index in [2.05, 4.69) is 4.98 Å². The second-order valence-corrected chi connectivity index (χ2v) is 4.52. The molecule has 0 spiro atoms. The maximum Gasteiger partial charge on any atom is 0.337 e. The first-order valence-electron chi connectivity index (χ1n) is 6.19. The van der Waals surface area contributed by atoms with Crippen molar-refractivity contribution < 1.29 is 18.7 Å². The summed E-state index contributed by atoms with van der Waals surface area (Å²) in [5, 5.41) is 9.78. The molecule has 2 aromatic heterocycles. The van der Waals surface area contributed by atoms with E-state index in [0.29, 0.717) is 10.9 Å². The molecule has 0 atom stereocenters. The van der Waals surface area contributed by atoms with Crippen LogP contribution in [-0.4, -0.2) is 25.2 Å². The molecular weight excluding hydrogens is 280 g/mol. The van der Waals surface area contributed by atoms with Crippen LogP contribution in [-0.2, 0) is 6.54 Å². The van der Waals surface area contributed by atoms with Crippen LogP contribution in [0.25, 0.3) is 10.9 Å². The SMILES string of the molecule is O=C(O)c1cn(Cc2nccn2C(F)F)c2ccccc12. The first-order chi connectivity index (χ1) is 10.1. The monoisotopic (exact) mass is 291 g/mol. The van der Waals surface area contributed by atoms with Crippen molar-refractivity contribution in [3.05, 3.63) is 54.2 Å². The molecule has 0 aliphatic heterocycles. The van der Waals surface area contributed by atoms with Gasteiger partial charge in [0.25, 0.3) is 0 Å². The fourth-order valence-electron chi connectivity index (χ4n) is 2.34. The number of alkyl halides is 2. The molecule has 0 bridgehead atoms. The Morgan fingerprint density at radius 1 is 1.33 bits per heavy atom. The molecule has 0 unspecified atom stereocenters. The van der Waals surface area contributed by atoms with Crippen LogP contribution in [0, 0.1) is 0 Å². The fraction of sp³-hybridized carbons (Fsp3) is 0.143. The number of benzene rings is 1. The Hall–Kier alpha value is -2.70. The Kier molecular flexibility index (Phi) is 3.17. The predicted molar refractivity (Wildman–Crippen MR) is 71.5 cm³/mol. The van der Waals surface area contributed by atoms with E-state index < -0.39 is 12.5 Å². The van der Waals surface area contributed by atoms with Gasteiger partial charge in [-0.3, -0.25) is 4.57 Å². The van der Waals surface area contributed by atoms with Gasteiger partial charge >= 0.3 is 12.5 Å². The van der Waals surface area contributed by atoms with E-state index in [0.717, 1.165) is 4.57 Å². The van der Waals surface area contributed by atoms with Crippen LogP contribution in [0.2, 0.25) is 0 Å². The van der Waals surface area contributed by atoms with Gasteiger partial charge in [-0.05, 0) is 6.07 Å². The van der Waals surface area contributed by atoms with Crippen LogP contribution < -0.4 is 0 Å². The molecule has 0 saturated heterocycles. The minimum atomic E-state index is -2.68. The van der Waals surface area contributed by atoms with E-state index in [9.17, 15) is 18.7 Å². The van der Waals surface area contributed by atoms with E-state index in [4.69, 9.17) is 0 Å². The van der Waals surface area contributed by atoms with Crippen molar-refractivity contribution in [3.63, 3.8) is 0 Å². The van der Waals surface area contributed by atoms with Gasteiger partial charge in [-0.2, -0.15) is 8.78 Å². The van der Waals surface area contributed by atoms with Crippen LogP contribution in [0.3, 0.4) is 0 Å². The number of para-hydroxylation sites is 1. The zero-order valence-corrected chi connectivity index (χ0v) is 10.8. The number of carbonyl (C=O) groups is 1. The van der Waals surface area contributed by atoms with Crippen molar-refractivity contribution in [2.75, 3.05) is 0 Å². The molecular formula is C14H11F2N3O2. The molecule has 5 nitrogen and oxygen atoms in total. The van der Waals surface area contributed by atoms with Gasteiger partial charge in [0.1, 0.15) is 5.82 Å². The van der Waals surface area contributed by atoms with Crippen molar-refractivity contribution in [1.82, 2.24) is 14.1 Å². The minimum Gasteiger partial charge on any atom is -0.478 e. The highest BCUT2D eigenvalue weighted by atomic mass is 19.3. The Labute approximate surface area is 118 Å². The second-order valence-electron chi connectivity index (χ2n) is 4.52. The maximum absolute atomic E-state index is 12.8. The minimum absolute atomic E-state index is 0.0745. The molecule has 3 aromatic rings. The van der Waals surface area contributed by atoms with Gasteiger partial charge in [0.05, 0.1) is 12.1 Å². The molecule has 0 amide bonds. The lowest BCUT2D eigenvalue weighted by molar-refractivity contribution is 0.0664. The van der Waals surface area contributed by atoms with Crippen LogP contribution in [0.1, 0.15) is 22.7 Å². The average molecular weight is 291 g/mol. The number of carboxylic acids is 1. The normalized spacial score (nSPS) is 11.4. The molecule has 7 heteroatoms. The molecule has 0 saturated carbocycles. The third kappa shape index (κ3) is 2.26. The number of carboxylic acid groups (broad SMARTS) is 1. The third-order valence-corrected chi connectivity index (χ3v) is 3.29. The van der Waals surface area contributed by atoms with Gasteiger partial charge in [0.2, 0.25) is 0 Å². The Bertz CT molecular complexity index is 808. The largest absolute Gasteiger partial charge is 0.478 e. The number of hydrogen-bond donors (Lipinski definition) is 1. The Balaban J connectivity index is 2.09. The second kappa shape index (κ2) is 5.01. The maximum atomic E-state index is 12.8. The van der Waals surface area contributed by atoms with Crippen LogP contribution in [0.15, 0.2) is 42.9 Å². The summed E-state index contributed by atoms with van der Waals surface area (Å²) in [7, 11) is 0. The number of rotatable bonds is 4. The number of hydrogen-bond acceptors (Lipinski definition) is 2. The number of aromatic carboxylic acids is 1. The smallest absolute Gasteiger partial charge is 0.337 e. The molecule has 0 fully saturated rings. The summed E-state index contributed by atoms with van der Waals surface area (Å²) in [6.07, 6.45) is 3.94. The van der Waals surface area contributed by atoms with Gasteiger partial charge in [-0.25, -0.2) is 9.78 Å². The van der Waals surface area contributed by atoms with Crippen LogP contribution in [0.5, 0.6) is 0 Å². The molecule has 1 aromatic carbocycles. The van der Waals surface area contributed by atoms with Gasteiger partial charge in [-0.15, -0.1) is 0 Å². The molecule has 1 N–H and O–H groups in total. The third-order valence-electron chi connectivity index (χ3n) is 3.29. The lowest BCUT2D eigenvalue weighted by atomic mass is 10.2. The van der Waals surface area contributed by atoms with Gasteiger partial charge < -0.3 is 9.67 Å². The molecule has 21 heavy (non-hydrogen) atoms. The van der Waals surface area contributed by atoms with Crippen molar-refractivity contribution in [3.8, 4) is 0 Å². The molecule has 2 heterocycles. The standard InChI is InChI=1S/C14H11F2N3O2/c15-14(16)19-6-5-17-12(19)8-18-7-10(13(20)21)9-3-1-2-4-11(9)18/h1-7,14H,8H2,(H,20,21). The summed E-state index contributed by atoms with van der Waals surface area (Å²) in [5.74, 6) is -0.884. The van der Waals surface area contributed by atoms with Gasteiger partial charge in [-0.1, -0.05) is 18.2 Å². The van der Waals surface area contributed by atoms with E-state index in [1.807, 2.05) is 0 Å². The van der Waals surface area contributed by atoms with E-state index in [-0.39, 0.29) is 17.9 Å². The molecule has 0 aliphatic rings. The highest BCUT2D eigenvalue weighted by Crippen LogP contribution is 2.23. The summed E-state index contributed by atoms with van der Waals surface area (Å²) < 4.78 is 28.0. The number of aromatic nitrogens is 3. The van der Waals surface area contributed by atoms with Crippen molar-refractivity contribution in [1.29, 1.82) is 0 Å². The van der Waals surface area contributed by atoms with E-state index in [1.54, 1.807) is 28.8 Å². The van der Waals surface area contributed by atoms with Crippen molar-refractivity contribution in [2.24, 2.45) is 0 Å². The first-order valence-corrected chi connectivity index (χ1v) is 6.19. The topological polar surface area (TPSA) is 60.0 Å². The predicted octanol–water partition coefficient (Wildman–Crippen LogP) is 2.98. The lowest BCUT2D eigenvalue weighted by Crippen LogP contribution is -2.08. The number of fused-ring (bicyclic) bond motifs is 1. The summed E-state index contributed by atoms with van der Waals surface area (Å²) in [5.41, 5.74) is 0.805. The Morgan fingerprint density at radius 2 is 2.10 bits per heavy atom.